The van der Waals surface area contributed by atoms with Gasteiger partial charge in [0.25, 0.3) is 0 Å². The number of carbonyl (C=O) groups is 2. The van der Waals surface area contributed by atoms with E-state index in [1.807, 2.05) is 48.5 Å². The molecular weight excluding hydrogens is 388 g/mol. The molecule has 2 aliphatic heterocycles. The van der Waals surface area contributed by atoms with Gasteiger partial charge in [-0.1, -0.05) is 43.3 Å². The van der Waals surface area contributed by atoms with E-state index in [0.29, 0.717) is 0 Å². The first-order chi connectivity index (χ1) is 15.1. The normalized spacial score (nSPS) is 18.6. The predicted octanol–water partition coefficient (Wildman–Crippen LogP) is 3.73. The third-order valence-corrected chi connectivity index (χ3v) is 6.19. The first-order valence-electron chi connectivity index (χ1n) is 11.0. The largest absolute Gasteiger partial charge is 0.367 e. The van der Waals surface area contributed by atoms with Crippen molar-refractivity contribution >= 4 is 29.3 Å². The second-order valence-corrected chi connectivity index (χ2v) is 8.08. The SMILES string of the molecule is CCN1CCN(c2ccccc2NC(=O)CC2c3ccccc3C=CN2C(C)=O)CC1. The number of hydrogen-bond acceptors (Lipinski definition) is 4. The second kappa shape index (κ2) is 9.35. The fourth-order valence-electron chi connectivity index (χ4n) is 4.45. The van der Waals surface area contributed by atoms with E-state index in [1.54, 1.807) is 11.1 Å². The molecule has 1 saturated heterocycles. The lowest BCUT2D eigenvalue weighted by molar-refractivity contribution is -0.129. The Balaban J connectivity index is 1.50. The van der Waals surface area contributed by atoms with Gasteiger partial charge in [0.05, 0.1) is 23.8 Å². The van der Waals surface area contributed by atoms with Crippen molar-refractivity contribution in [3.63, 3.8) is 0 Å². The van der Waals surface area contributed by atoms with Gasteiger partial charge in [-0.25, -0.2) is 0 Å². The minimum Gasteiger partial charge on any atom is -0.367 e. The molecule has 2 heterocycles. The average Bonchev–Trinajstić information content (AvgIpc) is 2.79. The van der Waals surface area contributed by atoms with E-state index in [-0.39, 0.29) is 24.3 Å². The number of rotatable bonds is 5. The average molecular weight is 419 g/mol. The summed E-state index contributed by atoms with van der Waals surface area (Å²) in [6.07, 6.45) is 3.92. The molecule has 2 aromatic carbocycles. The first-order valence-corrected chi connectivity index (χ1v) is 11.0. The summed E-state index contributed by atoms with van der Waals surface area (Å²) in [6, 6.07) is 15.6. The van der Waals surface area contributed by atoms with Crippen molar-refractivity contribution in [3.8, 4) is 0 Å². The molecule has 1 fully saturated rings. The number of para-hydroxylation sites is 2. The van der Waals surface area contributed by atoms with Crippen LogP contribution >= 0.6 is 0 Å². The van der Waals surface area contributed by atoms with Crippen LogP contribution in [0.5, 0.6) is 0 Å². The van der Waals surface area contributed by atoms with Gasteiger partial charge in [-0.2, -0.15) is 0 Å². The van der Waals surface area contributed by atoms with E-state index >= 15 is 0 Å². The number of nitrogens with zero attached hydrogens (tertiary/aromatic N) is 3. The third-order valence-electron chi connectivity index (χ3n) is 6.19. The van der Waals surface area contributed by atoms with Gasteiger partial charge in [0.2, 0.25) is 11.8 Å². The van der Waals surface area contributed by atoms with Gasteiger partial charge < -0.3 is 20.0 Å². The number of carbonyl (C=O) groups excluding carboxylic acids is 2. The summed E-state index contributed by atoms with van der Waals surface area (Å²) in [7, 11) is 0. The maximum atomic E-state index is 13.1. The van der Waals surface area contributed by atoms with Crippen molar-refractivity contribution in [2.75, 3.05) is 42.9 Å². The minimum absolute atomic E-state index is 0.0715. The summed E-state index contributed by atoms with van der Waals surface area (Å²) in [5.41, 5.74) is 3.93. The molecule has 1 N–H and O–H groups in total. The van der Waals surface area contributed by atoms with E-state index < -0.39 is 0 Å². The quantitative estimate of drug-likeness (QED) is 0.804. The molecule has 0 aromatic heterocycles. The molecular formula is C25H30N4O2. The molecule has 0 bridgehead atoms. The zero-order chi connectivity index (χ0) is 21.8. The van der Waals surface area contributed by atoms with Crippen molar-refractivity contribution in [2.45, 2.75) is 26.3 Å². The van der Waals surface area contributed by atoms with Gasteiger partial charge >= 0.3 is 0 Å². The Morgan fingerprint density at radius 3 is 2.45 bits per heavy atom. The second-order valence-electron chi connectivity index (χ2n) is 8.08. The summed E-state index contributed by atoms with van der Waals surface area (Å²) in [5, 5.41) is 3.11. The Bertz CT molecular complexity index is 979. The van der Waals surface area contributed by atoms with Crippen LogP contribution in [0.15, 0.2) is 54.7 Å². The lowest BCUT2D eigenvalue weighted by atomic mass is 9.93. The van der Waals surface area contributed by atoms with Gasteiger partial charge in [-0.05, 0) is 35.9 Å². The highest BCUT2D eigenvalue weighted by molar-refractivity contribution is 5.95. The molecule has 6 heteroatoms. The van der Waals surface area contributed by atoms with Crippen molar-refractivity contribution < 1.29 is 9.59 Å². The van der Waals surface area contributed by atoms with Crippen LogP contribution in [-0.2, 0) is 9.59 Å². The molecule has 2 aromatic rings. The number of hydrogen-bond donors (Lipinski definition) is 1. The number of piperazine rings is 1. The molecule has 0 radical (unpaired) electrons. The van der Waals surface area contributed by atoms with Crippen molar-refractivity contribution in [1.29, 1.82) is 0 Å². The molecule has 6 nitrogen and oxygen atoms in total. The summed E-state index contributed by atoms with van der Waals surface area (Å²) in [4.78, 5) is 31.7. The first kappa shape index (κ1) is 21.1. The standard InChI is InChI=1S/C25H30N4O2/c1-3-27-14-16-28(17-15-27)23-11-7-6-10-22(23)26-25(31)18-24-21-9-5-4-8-20(21)12-13-29(24)19(2)30/h4-13,24H,3,14-18H2,1-2H3,(H,26,31). The van der Waals surface area contributed by atoms with Crippen LogP contribution < -0.4 is 10.2 Å². The van der Waals surface area contributed by atoms with Crippen molar-refractivity contribution in [3.05, 3.63) is 65.9 Å². The van der Waals surface area contributed by atoms with Crippen LogP contribution in [0.1, 0.15) is 37.4 Å². The van der Waals surface area contributed by atoms with Crippen LogP contribution in [0.4, 0.5) is 11.4 Å². The fraction of sp³-hybridized carbons (Fsp3) is 0.360. The number of benzene rings is 2. The summed E-state index contributed by atoms with van der Waals surface area (Å²) in [5.74, 6) is -0.168. The van der Waals surface area contributed by atoms with E-state index in [1.165, 1.54) is 6.92 Å². The monoisotopic (exact) mass is 418 g/mol. The summed E-state index contributed by atoms with van der Waals surface area (Å²) < 4.78 is 0. The van der Waals surface area contributed by atoms with Gasteiger partial charge in [0, 0.05) is 39.3 Å². The Labute approximate surface area is 184 Å². The van der Waals surface area contributed by atoms with Gasteiger partial charge in [-0.15, -0.1) is 0 Å². The molecule has 0 saturated carbocycles. The predicted molar refractivity (Wildman–Crippen MR) is 125 cm³/mol. The Morgan fingerprint density at radius 1 is 1.00 bits per heavy atom. The van der Waals surface area contributed by atoms with Crippen LogP contribution in [0.25, 0.3) is 6.08 Å². The molecule has 31 heavy (non-hydrogen) atoms. The van der Waals surface area contributed by atoms with Gasteiger partial charge in [0.15, 0.2) is 0 Å². The van der Waals surface area contributed by atoms with E-state index in [4.69, 9.17) is 0 Å². The fourth-order valence-corrected chi connectivity index (χ4v) is 4.45. The van der Waals surface area contributed by atoms with Crippen LogP contribution in [0.3, 0.4) is 0 Å². The summed E-state index contributed by atoms with van der Waals surface area (Å²) in [6.45, 7) is 8.73. The zero-order valence-electron chi connectivity index (χ0n) is 18.3. The molecule has 0 aliphatic carbocycles. The molecule has 1 atom stereocenters. The van der Waals surface area contributed by atoms with Gasteiger partial charge in [0.1, 0.15) is 0 Å². The van der Waals surface area contributed by atoms with Crippen LogP contribution in [-0.4, -0.2) is 54.3 Å². The van der Waals surface area contributed by atoms with Gasteiger partial charge in [-0.3, -0.25) is 9.59 Å². The Morgan fingerprint density at radius 2 is 1.71 bits per heavy atom. The van der Waals surface area contributed by atoms with Crippen LogP contribution in [0, 0.1) is 0 Å². The molecule has 4 rings (SSSR count). The Hall–Kier alpha value is -3.12. The van der Waals surface area contributed by atoms with E-state index in [0.717, 1.165) is 55.2 Å². The zero-order valence-corrected chi connectivity index (χ0v) is 18.3. The summed E-state index contributed by atoms with van der Waals surface area (Å²) >= 11 is 0. The van der Waals surface area contributed by atoms with Crippen molar-refractivity contribution in [1.82, 2.24) is 9.80 Å². The number of fused-ring (bicyclic) bond motifs is 1. The maximum absolute atomic E-state index is 13.1. The topological polar surface area (TPSA) is 55.9 Å². The molecule has 2 aliphatic rings. The van der Waals surface area contributed by atoms with Crippen LogP contribution in [0.2, 0.25) is 0 Å². The smallest absolute Gasteiger partial charge is 0.226 e. The third kappa shape index (κ3) is 4.64. The lowest BCUT2D eigenvalue weighted by Gasteiger charge is -2.36. The maximum Gasteiger partial charge on any atom is 0.226 e. The van der Waals surface area contributed by atoms with Crippen molar-refractivity contribution in [2.24, 2.45) is 0 Å². The molecule has 162 valence electrons. The van der Waals surface area contributed by atoms with E-state index in [2.05, 4.69) is 28.1 Å². The number of anilines is 2. The molecule has 1 unspecified atom stereocenters. The molecule has 0 spiro atoms. The minimum atomic E-state index is -0.307. The van der Waals surface area contributed by atoms with E-state index in [9.17, 15) is 9.59 Å². The lowest BCUT2D eigenvalue weighted by Crippen LogP contribution is -2.46. The number of nitrogens with one attached hydrogen (secondary N) is 1. The number of amides is 2. The number of likely N-dealkylation sites (N-methyl/N-ethyl adjacent to an activating group) is 1. The highest BCUT2D eigenvalue weighted by Gasteiger charge is 2.28. The highest BCUT2D eigenvalue weighted by Crippen LogP contribution is 2.34. The Kier molecular flexibility index (Phi) is 6.37. The molecule has 2 amide bonds. The highest BCUT2D eigenvalue weighted by atomic mass is 16.2.